The Morgan fingerprint density at radius 3 is 1.83 bits per heavy atom. The summed E-state index contributed by atoms with van der Waals surface area (Å²) in [7, 11) is 0. The van der Waals surface area contributed by atoms with E-state index in [0.29, 0.717) is 6.42 Å². The summed E-state index contributed by atoms with van der Waals surface area (Å²) in [5.74, 6) is 0.739. The molecule has 2 heteroatoms. The van der Waals surface area contributed by atoms with Crippen LogP contribution in [-0.2, 0) is 5.41 Å². The number of hydrogen-bond donors (Lipinski definition) is 0. The molecule has 6 aromatic carbocycles. The Labute approximate surface area is 277 Å². The van der Waals surface area contributed by atoms with Crippen molar-refractivity contribution in [1.82, 2.24) is 0 Å². The summed E-state index contributed by atoms with van der Waals surface area (Å²) < 4.78 is 0. The number of hydrogen-bond acceptors (Lipinski definition) is 2. The Morgan fingerprint density at radius 2 is 1.11 bits per heavy atom. The Hall–Kier alpha value is -5.60. The van der Waals surface area contributed by atoms with Crippen LogP contribution in [0.3, 0.4) is 0 Å². The summed E-state index contributed by atoms with van der Waals surface area (Å²) >= 11 is 0. The summed E-state index contributed by atoms with van der Waals surface area (Å²) in [6.07, 6.45) is 0.663. The molecule has 0 saturated heterocycles. The Kier molecular flexibility index (Phi) is 7.14. The van der Waals surface area contributed by atoms with Gasteiger partial charge >= 0.3 is 0 Å². The number of benzene rings is 6. The second kappa shape index (κ2) is 11.6. The van der Waals surface area contributed by atoms with Gasteiger partial charge in [0.1, 0.15) is 0 Å². The van der Waals surface area contributed by atoms with Gasteiger partial charge in [0, 0.05) is 17.4 Å². The first-order valence-corrected chi connectivity index (χ1v) is 16.3. The van der Waals surface area contributed by atoms with Crippen LogP contribution >= 0.6 is 0 Å². The van der Waals surface area contributed by atoms with Crippen molar-refractivity contribution in [3.63, 3.8) is 0 Å². The van der Waals surface area contributed by atoms with Gasteiger partial charge in [0.05, 0.1) is 11.8 Å². The van der Waals surface area contributed by atoms with Gasteiger partial charge in [0.2, 0.25) is 0 Å². The summed E-state index contributed by atoms with van der Waals surface area (Å²) in [4.78, 5) is 10.4. The zero-order valence-corrected chi connectivity index (χ0v) is 26.8. The third kappa shape index (κ3) is 5.26. The number of nitrogens with zero attached hydrogens (tertiary/aromatic N) is 2. The zero-order chi connectivity index (χ0) is 32.0. The second-order valence-electron chi connectivity index (χ2n) is 13.1. The predicted octanol–water partition coefficient (Wildman–Crippen LogP) is 11.3. The molecule has 0 N–H and O–H groups in total. The number of aliphatic imine (C=N–C) groups is 2. The quantitative estimate of drug-likeness (QED) is 0.175. The number of rotatable bonds is 5. The molecule has 2 nitrogen and oxygen atoms in total. The summed E-state index contributed by atoms with van der Waals surface area (Å²) in [6, 6.07) is 53.9. The molecule has 0 amide bonds. The van der Waals surface area contributed by atoms with E-state index in [4.69, 9.17) is 9.98 Å². The molecule has 1 aliphatic carbocycles. The lowest BCUT2D eigenvalue weighted by Crippen LogP contribution is -2.14. The molecule has 8 rings (SSSR count). The smallest absolute Gasteiger partial charge is 0.155 e. The van der Waals surface area contributed by atoms with E-state index in [9.17, 15) is 0 Å². The Morgan fingerprint density at radius 1 is 0.532 bits per heavy atom. The van der Waals surface area contributed by atoms with Gasteiger partial charge in [-0.05, 0) is 73.3 Å². The molecule has 0 aromatic heterocycles. The molecule has 1 unspecified atom stereocenters. The summed E-state index contributed by atoms with van der Waals surface area (Å²) in [6.45, 7) is 9.20. The van der Waals surface area contributed by atoms with Gasteiger partial charge in [-0.1, -0.05) is 160 Å². The lowest BCUT2D eigenvalue weighted by molar-refractivity contribution is 0.660. The van der Waals surface area contributed by atoms with E-state index >= 15 is 0 Å². The fraction of sp³-hybridized carbons (Fsp3) is 0.111. The van der Waals surface area contributed by atoms with E-state index in [1.54, 1.807) is 0 Å². The van der Waals surface area contributed by atoms with E-state index in [1.807, 2.05) is 24.3 Å². The van der Waals surface area contributed by atoms with E-state index < -0.39 is 0 Å². The fourth-order valence-corrected chi connectivity index (χ4v) is 7.20. The van der Waals surface area contributed by atoms with Gasteiger partial charge in [0.15, 0.2) is 5.84 Å². The van der Waals surface area contributed by atoms with E-state index in [-0.39, 0.29) is 11.5 Å². The van der Waals surface area contributed by atoms with Gasteiger partial charge in [-0.15, -0.1) is 0 Å². The normalized spacial score (nSPS) is 16.5. The van der Waals surface area contributed by atoms with E-state index in [0.717, 1.165) is 39.4 Å². The zero-order valence-electron chi connectivity index (χ0n) is 26.8. The maximum Gasteiger partial charge on any atom is 0.155 e. The highest BCUT2D eigenvalue weighted by atomic mass is 15.0. The molecule has 0 spiro atoms. The lowest BCUT2D eigenvalue weighted by Gasteiger charge is -2.21. The molecule has 6 aromatic rings. The minimum atomic E-state index is -0.201. The largest absolute Gasteiger partial charge is 0.253 e. The SMILES string of the molecule is C=C1CC(c2ccccc2)=NC(c2ccccc2)=NC1c1cccc(-c2ccc(-c3ccc4c(c3)-c3ccccc3C4(C)C)cc2)c1. The Bertz CT molecular complexity index is 2190. The van der Waals surface area contributed by atoms with Crippen molar-refractivity contribution in [3.8, 4) is 33.4 Å². The van der Waals surface area contributed by atoms with Crippen molar-refractivity contribution in [2.24, 2.45) is 9.98 Å². The van der Waals surface area contributed by atoms with Crippen LogP contribution in [0, 0.1) is 0 Å². The van der Waals surface area contributed by atoms with Crippen LogP contribution in [-0.4, -0.2) is 11.5 Å². The van der Waals surface area contributed by atoms with Crippen molar-refractivity contribution in [3.05, 3.63) is 192 Å². The van der Waals surface area contributed by atoms with Gasteiger partial charge in [-0.2, -0.15) is 0 Å². The van der Waals surface area contributed by atoms with Crippen LogP contribution < -0.4 is 0 Å². The van der Waals surface area contributed by atoms with Crippen LogP contribution in [0.2, 0.25) is 0 Å². The van der Waals surface area contributed by atoms with Crippen LogP contribution in [0.1, 0.15) is 54.1 Å². The van der Waals surface area contributed by atoms with Crippen LogP contribution in [0.15, 0.2) is 174 Å². The molecule has 1 heterocycles. The third-order valence-corrected chi connectivity index (χ3v) is 9.75. The summed E-state index contributed by atoms with van der Waals surface area (Å²) in [5, 5.41) is 0. The molecule has 2 aliphatic rings. The average molecular weight is 605 g/mol. The maximum absolute atomic E-state index is 5.25. The maximum atomic E-state index is 5.25. The summed E-state index contributed by atoms with van der Waals surface area (Å²) in [5.41, 5.74) is 15.6. The molecule has 1 aliphatic heterocycles. The molecule has 0 bridgehead atoms. The fourth-order valence-electron chi connectivity index (χ4n) is 7.20. The van der Waals surface area contributed by atoms with Crippen LogP contribution in [0.5, 0.6) is 0 Å². The van der Waals surface area contributed by atoms with Gasteiger partial charge in [-0.25, -0.2) is 4.99 Å². The molecule has 0 radical (unpaired) electrons. The molecule has 47 heavy (non-hydrogen) atoms. The first-order valence-electron chi connectivity index (χ1n) is 16.3. The standard InChI is InChI=1S/C45H36N2/c1-30-27-42(33-13-6-4-7-14-33)46-44(34-15-8-5-9-16-34)47-43(30)37-18-12-17-35(28-37)31-21-23-32(24-22-31)36-25-26-41-39(29-36)38-19-10-11-20-40(38)45(41,2)3/h4-26,28-29,43H,1,27H2,2-3H3. The van der Waals surface area contributed by atoms with E-state index in [1.165, 1.54) is 38.9 Å². The first kappa shape index (κ1) is 28.8. The third-order valence-electron chi connectivity index (χ3n) is 9.75. The van der Waals surface area contributed by atoms with Crippen molar-refractivity contribution < 1.29 is 0 Å². The molecule has 226 valence electrons. The molecule has 0 fully saturated rings. The molecule has 1 atom stereocenters. The Balaban J connectivity index is 1.11. The van der Waals surface area contributed by atoms with Crippen molar-refractivity contribution >= 4 is 11.5 Å². The van der Waals surface area contributed by atoms with Gasteiger partial charge in [0.25, 0.3) is 0 Å². The number of amidine groups is 1. The first-order chi connectivity index (χ1) is 23.0. The van der Waals surface area contributed by atoms with Crippen LogP contribution in [0.4, 0.5) is 0 Å². The minimum absolute atomic E-state index is 0.0170. The van der Waals surface area contributed by atoms with Crippen molar-refractivity contribution in [1.29, 1.82) is 0 Å². The molecular weight excluding hydrogens is 569 g/mol. The minimum Gasteiger partial charge on any atom is -0.253 e. The monoisotopic (exact) mass is 604 g/mol. The van der Waals surface area contributed by atoms with Gasteiger partial charge < -0.3 is 0 Å². The second-order valence-corrected chi connectivity index (χ2v) is 13.1. The van der Waals surface area contributed by atoms with Crippen molar-refractivity contribution in [2.75, 3.05) is 0 Å². The number of fused-ring (bicyclic) bond motifs is 3. The lowest BCUT2D eigenvalue weighted by atomic mass is 9.82. The average Bonchev–Trinajstić information content (AvgIpc) is 3.22. The molecular formula is C45H36N2. The van der Waals surface area contributed by atoms with Gasteiger partial charge in [-0.3, -0.25) is 4.99 Å². The highest BCUT2D eigenvalue weighted by Gasteiger charge is 2.35. The predicted molar refractivity (Wildman–Crippen MR) is 197 cm³/mol. The topological polar surface area (TPSA) is 24.7 Å². The van der Waals surface area contributed by atoms with Crippen molar-refractivity contribution in [2.45, 2.75) is 31.7 Å². The highest BCUT2D eigenvalue weighted by molar-refractivity contribution is 6.13. The molecule has 0 saturated carbocycles. The highest BCUT2D eigenvalue weighted by Crippen LogP contribution is 2.49. The van der Waals surface area contributed by atoms with E-state index in [2.05, 4.69) is 148 Å². The van der Waals surface area contributed by atoms with Crippen LogP contribution in [0.25, 0.3) is 33.4 Å².